The second kappa shape index (κ2) is 23.9. The van der Waals surface area contributed by atoms with Crippen molar-refractivity contribution < 1.29 is 0 Å². The Labute approximate surface area is 378 Å². The molecule has 1 aliphatic carbocycles. The van der Waals surface area contributed by atoms with Crippen molar-refractivity contribution in [3.05, 3.63) is 256 Å². The van der Waals surface area contributed by atoms with Gasteiger partial charge in [0.2, 0.25) is 0 Å². The molecule has 0 aromatic heterocycles. The van der Waals surface area contributed by atoms with Crippen molar-refractivity contribution in [2.75, 3.05) is 0 Å². The average molecular weight is 819 g/mol. The SMILES string of the molecule is C=C/C=C\C(=C)C(C)(C(=C)C)c1cc(C)ccc1C.CC.CC1=C(c2ccccc2C)c2ccccc2C1(C)C.CCc1ccc(C)cc1.Cc1ccc(-c2ccccc2)cc1. The van der Waals surface area contributed by atoms with E-state index in [9.17, 15) is 0 Å². The monoisotopic (exact) mass is 819 g/mol. The van der Waals surface area contributed by atoms with Crippen LogP contribution in [-0.4, -0.2) is 0 Å². The number of fused-ring (bicyclic) bond motifs is 1. The number of hydrogen-bond acceptors (Lipinski definition) is 0. The minimum absolute atomic E-state index is 0.133. The van der Waals surface area contributed by atoms with Crippen LogP contribution in [-0.2, 0) is 17.3 Å². The van der Waals surface area contributed by atoms with Crippen molar-refractivity contribution >= 4 is 5.57 Å². The Kier molecular flexibility index (Phi) is 19.4. The van der Waals surface area contributed by atoms with Gasteiger partial charge >= 0.3 is 0 Å². The van der Waals surface area contributed by atoms with E-state index in [2.05, 4.69) is 235 Å². The molecule has 0 aliphatic heterocycles. The topological polar surface area (TPSA) is 0 Å². The summed E-state index contributed by atoms with van der Waals surface area (Å²) in [5.74, 6) is 0. The molecule has 0 N–H and O–H groups in total. The van der Waals surface area contributed by atoms with Crippen LogP contribution in [0.1, 0.15) is 111 Å². The number of allylic oxidation sites excluding steroid dienone is 6. The summed E-state index contributed by atoms with van der Waals surface area (Å²) in [6, 6.07) is 51.7. The molecule has 6 aromatic rings. The minimum atomic E-state index is -0.240. The van der Waals surface area contributed by atoms with Crippen molar-refractivity contribution in [1.82, 2.24) is 0 Å². The van der Waals surface area contributed by atoms with Gasteiger partial charge in [0.15, 0.2) is 0 Å². The molecular weight excluding hydrogens is 745 g/mol. The molecule has 62 heavy (non-hydrogen) atoms. The van der Waals surface area contributed by atoms with Gasteiger partial charge in [-0.25, -0.2) is 0 Å². The molecule has 0 heterocycles. The second-order valence-corrected chi connectivity index (χ2v) is 16.9. The summed E-state index contributed by atoms with van der Waals surface area (Å²) in [6.07, 6.45) is 6.85. The molecule has 0 fully saturated rings. The molecule has 0 amide bonds. The lowest BCUT2D eigenvalue weighted by molar-refractivity contribution is 0.639. The first-order chi connectivity index (χ1) is 29.6. The van der Waals surface area contributed by atoms with E-state index >= 15 is 0 Å². The molecule has 0 radical (unpaired) electrons. The first-order valence-electron chi connectivity index (χ1n) is 22.3. The average Bonchev–Trinajstić information content (AvgIpc) is 3.49. The Bertz CT molecular complexity index is 2430. The van der Waals surface area contributed by atoms with Gasteiger partial charge < -0.3 is 0 Å². The van der Waals surface area contributed by atoms with E-state index in [1.807, 2.05) is 32.1 Å². The number of aryl methyl sites for hydroxylation is 6. The van der Waals surface area contributed by atoms with Gasteiger partial charge in [-0.05, 0) is 123 Å². The van der Waals surface area contributed by atoms with Crippen LogP contribution in [0.2, 0.25) is 0 Å². The normalized spacial score (nSPS) is 13.0. The zero-order valence-corrected chi connectivity index (χ0v) is 40.4. The predicted octanol–water partition coefficient (Wildman–Crippen LogP) is 17.8. The fraction of sp³-hybridized carbons (Fsp3) is 0.258. The molecule has 322 valence electrons. The van der Waals surface area contributed by atoms with Gasteiger partial charge in [-0.1, -0.05) is 246 Å². The molecule has 0 saturated carbocycles. The van der Waals surface area contributed by atoms with Crippen molar-refractivity contribution in [3.63, 3.8) is 0 Å². The van der Waals surface area contributed by atoms with Gasteiger partial charge in [0.1, 0.15) is 0 Å². The van der Waals surface area contributed by atoms with Gasteiger partial charge in [-0.2, -0.15) is 0 Å². The standard InChI is InChI=1S/C19H20.C19H24.C13H12.C9H12.C2H6/c1-13-9-5-6-10-15(13)18-14(2)19(3,4)17-12-8-7-11-16(17)18;1-8-9-10-17(6)19(7,14(2)3)18-13-15(4)11-12-16(18)5;1-11-7-9-13(10-8-11)12-5-3-2-4-6-12;1-3-9-6-4-8(2)5-7-9;1-2/h5-12H,1-4H3;8-13H,1-2,6H2,3-5,7H3;2-10H,1H3;4-7H,3H2,1-2H3;1-2H3/b;10-9-;;;. The summed E-state index contributed by atoms with van der Waals surface area (Å²) < 4.78 is 0. The lowest BCUT2D eigenvalue weighted by Crippen LogP contribution is -2.26. The molecule has 1 atom stereocenters. The van der Waals surface area contributed by atoms with E-state index in [1.165, 1.54) is 77.9 Å². The molecule has 0 bridgehead atoms. The molecule has 1 aliphatic rings. The summed E-state index contributed by atoms with van der Waals surface area (Å²) in [6.45, 7) is 40.2. The molecule has 1 unspecified atom stereocenters. The molecule has 0 saturated heterocycles. The highest BCUT2D eigenvalue weighted by atomic mass is 14.4. The molecule has 0 nitrogen and oxygen atoms in total. The van der Waals surface area contributed by atoms with Gasteiger partial charge in [-0.15, -0.1) is 0 Å². The van der Waals surface area contributed by atoms with Gasteiger partial charge in [0, 0.05) is 10.8 Å². The summed E-state index contributed by atoms with van der Waals surface area (Å²) in [5, 5.41) is 0. The Morgan fingerprint density at radius 1 is 0.597 bits per heavy atom. The molecule has 6 aromatic carbocycles. The molecule has 0 heteroatoms. The van der Waals surface area contributed by atoms with Crippen molar-refractivity contribution in [3.8, 4) is 11.1 Å². The van der Waals surface area contributed by atoms with E-state index in [0.717, 1.165) is 17.6 Å². The third kappa shape index (κ3) is 12.8. The first kappa shape index (κ1) is 50.4. The maximum Gasteiger partial charge on any atom is 0.0374 e. The third-order valence-corrected chi connectivity index (χ3v) is 12.1. The summed E-state index contributed by atoms with van der Waals surface area (Å²) in [7, 11) is 0. The minimum Gasteiger partial charge on any atom is -0.0991 e. The lowest BCUT2D eigenvalue weighted by atomic mass is 9.70. The smallest absolute Gasteiger partial charge is 0.0374 e. The fourth-order valence-electron chi connectivity index (χ4n) is 7.67. The van der Waals surface area contributed by atoms with Crippen LogP contribution in [0, 0.1) is 34.6 Å². The third-order valence-electron chi connectivity index (χ3n) is 12.1. The Morgan fingerprint density at radius 2 is 1.10 bits per heavy atom. The van der Waals surface area contributed by atoms with Crippen LogP contribution in [0.3, 0.4) is 0 Å². The van der Waals surface area contributed by atoms with E-state index < -0.39 is 0 Å². The Hall–Kier alpha value is -5.98. The highest BCUT2D eigenvalue weighted by Gasteiger charge is 2.35. The molecule has 7 rings (SSSR count). The highest BCUT2D eigenvalue weighted by molar-refractivity contribution is 5.90. The highest BCUT2D eigenvalue weighted by Crippen LogP contribution is 2.48. The summed E-state index contributed by atoms with van der Waals surface area (Å²) in [4.78, 5) is 0. The van der Waals surface area contributed by atoms with Gasteiger partial charge in [-0.3, -0.25) is 0 Å². The lowest BCUT2D eigenvalue weighted by Gasteiger charge is -2.34. The van der Waals surface area contributed by atoms with Crippen LogP contribution in [0.5, 0.6) is 0 Å². The van der Waals surface area contributed by atoms with Crippen LogP contribution < -0.4 is 0 Å². The zero-order valence-electron chi connectivity index (χ0n) is 40.4. The number of hydrogen-bond donors (Lipinski definition) is 0. The molecule has 0 spiro atoms. The van der Waals surface area contributed by atoms with E-state index in [-0.39, 0.29) is 10.8 Å². The van der Waals surface area contributed by atoms with Crippen LogP contribution >= 0.6 is 0 Å². The molecular formula is C62H74. The van der Waals surface area contributed by atoms with Crippen LogP contribution in [0.25, 0.3) is 16.7 Å². The van der Waals surface area contributed by atoms with Gasteiger partial charge in [0.05, 0.1) is 0 Å². The zero-order chi connectivity index (χ0) is 46.0. The largest absolute Gasteiger partial charge is 0.0991 e. The van der Waals surface area contributed by atoms with Gasteiger partial charge in [0.25, 0.3) is 0 Å². The first-order valence-corrected chi connectivity index (χ1v) is 22.3. The maximum atomic E-state index is 4.24. The second-order valence-electron chi connectivity index (χ2n) is 16.9. The van der Waals surface area contributed by atoms with E-state index in [1.54, 1.807) is 6.08 Å². The van der Waals surface area contributed by atoms with Crippen LogP contribution in [0.4, 0.5) is 0 Å². The van der Waals surface area contributed by atoms with Crippen LogP contribution in [0.15, 0.2) is 200 Å². The number of rotatable bonds is 8. The Morgan fingerprint density at radius 3 is 1.65 bits per heavy atom. The quantitative estimate of drug-likeness (QED) is 0.106. The van der Waals surface area contributed by atoms with E-state index in [4.69, 9.17) is 0 Å². The predicted molar refractivity (Wildman–Crippen MR) is 277 cm³/mol. The van der Waals surface area contributed by atoms with Crippen molar-refractivity contribution in [1.29, 1.82) is 0 Å². The Balaban J connectivity index is 0.000000224. The van der Waals surface area contributed by atoms with E-state index in [0.29, 0.717) is 0 Å². The van der Waals surface area contributed by atoms with Crippen molar-refractivity contribution in [2.24, 2.45) is 0 Å². The van der Waals surface area contributed by atoms with Crippen molar-refractivity contribution in [2.45, 2.75) is 107 Å². The summed E-state index contributed by atoms with van der Waals surface area (Å²) in [5.41, 5.74) is 20.9. The maximum absolute atomic E-state index is 4.24. The number of benzene rings is 6. The summed E-state index contributed by atoms with van der Waals surface area (Å²) >= 11 is 0. The fourth-order valence-corrected chi connectivity index (χ4v) is 7.67.